The van der Waals surface area contributed by atoms with E-state index in [0.717, 1.165) is 35.1 Å². The average molecular weight is 481 g/mol. The van der Waals surface area contributed by atoms with Gasteiger partial charge in [-0.2, -0.15) is 12.6 Å². The second-order valence-electron chi connectivity index (χ2n) is 9.42. The lowest BCUT2D eigenvalue weighted by atomic mass is 9.87. The zero-order chi connectivity index (χ0) is 24.4. The Balaban J connectivity index is 1.75. The van der Waals surface area contributed by atoms with Gasteiger partial charge in [-0.1, -0.05) is 62.7 Å². The van der Waals surface area contributed by atoms with Crippen LogP contribution < -0.4 is 5.32 Å². The minimum Gasteiger partial charge on any atom is -0.480 e. The highest BCUT2D eigenvalue weighted by Gasteiger charge is 2.45. The van der Waals surface area contributed by atoms with Crippen LogP contribution in [0.5, 0.6) is 0 Å². The zero-order valence-electron chi connectivity index (χ0n) is 19.6. The van der Waals surface area contributed by atoms with Gasteiger partial charge in [0, 0.05) is 6.42 Å². The van der Waals surface area contributed by atoms with E-state index in [4.69, 9.17) is 0 Å². The molecule has 0 spiro atoms. The molecule has 1 saturated heterocycles. The van der Waals surface area contributed by atoms with Gasteiger partial charge in [-0.25, -0.2) is 4.79 Å². The van der Waals surface area contributed by atoms with Crippen molar-refractivity contribution in [3.05, 3.63) is 59.7 Å². The van der Waals surface area contributed by atoms with Gasteiger partial charge in [-0.3, -0.25) is 9.59 Å². The van der Waals surface area contributed by atoms with E-state index in [9.17, 15) is 19.5 Å². The molecule has 0 aliphatic carbocycles. The van der Waals surface area contributed by atoms with Crippen molar-refractivity contribution < 1.29 is 19.5 Å². The van der Waals surface area contributed by atoms with Crippen LogP contribution in [0.3, 0.4) is 0 Å². The van der Waals surface area contributed by atoms with Crippen LogP contribution in [-0.2, 0) is 20.8 Å². The average Bonchev–Trinajstić information content (AvgIpc) is 2.97. The summed E-state index contributed by atoms with van der Waals surface area (Å²) in [5.74, 6) is -1.56. The lowest BCUT2D eigenvalue weighted by molar-refractivity contribution is -0.156. The van der Waals surface area contributed by atoms with E-state index in [0.29, 0.717) is 19.3 Å². The number of benzene rings is 2. The SMILES string of the molecule is CC[C@@H](C)[C@@H](S)C(=O)N[C@H]1Cc2ccc(-c3ccccc3)cc2[C@H]2CCC[C@@H](C(=O)O)N2C1=O. The van der Waals surface area contributed by atoms with Gasteiger partial charge in [-0.15, -0.1) is 0 Å². The molecule has 2 heterocycles. The molecule has 0 radical (unpaired) electrons. The Morgan fingerprint density at radius 1 is 1.15 bits per heavy atom. The van der Waals surface area contributed by atoms with E-state index in [1.165, 1.54) is 4.90 Å². The Bertz CT molecular complexity index is 1070. The number of hydrogen-bond acceptors (Lipinski definition) is 4. The molecule has 0 aromatic heterocycles. The molecular formula is C27H32N2O4S. The highest BCUT2D eigenvalue weighted by Crippen LogP contribution is 2.41. The number of carboxylic acids is 1. The number of nitrogens with one attached hydrogen (secondary N) is 1. The number of aliphatic carboxylic acids is 1. The van der Waals surface area contributed by atoms with Crippen molar-refractivity contribution in [3.63, 3.8) is 0 Å². The molecule has 2 N–H and O–H groups in total. The van der Waals surface area contributed by atoms with Crippen molar-refractivity contribution in [2.45, 2.75) is 69.3 Å². The summed E-state index contributed by atoms with van der Waals surface area (Å²) in [6.07, 6.45) is 2.96. The topological polar surface area (TPSA) is 86.7 Å². The normalized spacial score (nSPS) is 23.8. The van der Waals surface area contributed by atoms with Crippen molar-refractivity contribution in [2.75, 3.05) is 0 Å². The van der Waals surface area contributed by atoms with E-state index in [2.05, 4.69) is 24.0 Å². The zero-order valence-corrected chi connectivity index (χ0v) is 20.5. The van der Waals surface area contributed by atoms with Crippen molar-refractivity contribution in [1.29, 1.82) is 0 Å². The highest BCUT2D eigenvalue weighted by atomic mass is 32.1. The molecular weight excluding hydrogens is 448 g/mol. The Kier molecular flexibility index (Phi) is 7.31. The quantitative estimate of drug-likeness (QED) is 0.540. The number of piperidine rings is 1. The van der Waals surface area contributed by atoms with E-state index < -0.39 is 23.3 Å². The molecule has 5 atom stereocenters. The smallest absolute Gasteiger partial charge is 0.326 e. The molecule has 2 aromatic rings. The van der Waals surface area contributed by atoms with Crippen LogP contribution in [0.2, 0.25) is 0 Å². The van der Waals surface area contributed by atoms with Gasteiger partial charge in [0.05, 0.1) is 11.3 Å². The molecule has 0 unspecified atom stereocenters. The Morgan fingerprint density at radius 3 is 2.56 bits per heavy atom. The first kappa shape index (κ1) is 24.3. The molecule has 0 bridgehead atoms. The number of carbonyl (C=O) groups excluding carboxylic acids is 2. The molecule has 2 aliphatic rings. The van der Waals surface area contributed by atoms with Crippen LogP contribution in [0.4, 0.5) is 0 Å². The third-order valence-electron chi connectivity index (χ3n) is 7.27. The van der Waals surface area contributed by atoms with Crippen LogP contribution in [-0.4, -0.2) is 45.1 Å². The van der Waals surface area contributed by atoms with Crippen LogP contribution in [0.1, 0.15) is 56.7 Å². The summed E-state index contributed by atoms with van der Waals surface area (Å²) in [5.41, 5.74) is 4.03. The summed E-state index contributed by atoms with van der Waals surface area (Å²) in [7, 11) is 0. The molecule has 2 aliphatic heterocycles. The van der Waals surface area contributed by atoms with Gasteiger partial charge in [0.2, 0.25) is 11.8 Å². The fourth-order valence-corrected chi connectivity index (χ4v) is 5.38. The first-order chi connectivity index (χ1) is 16.3. The van der Waals surface area contributed by atoms with E-state index in [-0.39, 0.29) is 23.8 Å². The maximum Gasteiger partial charge on any atom is 0.326 e. The fraction of sp³-hybridized carbons (Fsp3) is 0.444. The summed E-state index contributed by atoms with van der Waals surface area (Å²) in [4.78, 5) is 40.3. The number of carboxylic acid groups (broad SMARTS) is 1. The Hall–Kier alpha value is -2.80. The van der Waals surface area contributed by atoms with Crippen LogP contribution >= 0.6 is 12.6 Å². The second kappa shape index (κ2) is 10.2. The monoisotopic (exact) mass is 480 g/mol. The van der Waals surface area contributed by atoms with Gasteiger partial charge in [0.15, 0.2) is 0 Å². The Morgan fingerprint density at radius 2 is 1.88 bits per heavy atom. The van der Waals surface area contributed by atoms with E-state index >= 15 is 0 Å². The number of hydrogen-bond donors (Lipinski definition) is 3. The van der Waals surface area contributed by atoms with Gasteiger partial charge in [0.25, 0.3) is 0 Å². The summed E-state index contributed by atoms with van der Waals surface area (Å²) < 4.78 is 0. The summed E-state index contributed by atoms with van der Waals surface area (Å²) in [5, 5.41) is 12.3. The third-order valence-corrected chi connectivity index (χ3v) is 8.01. The van der Waals surface area contributed by atoms with Crippen molar-refractivity contribution >= 4 is 30.4 Å². The second-order valence-corrected chi connectivity index (χ2v) is 9.98. The number of nitrogens with zero attached hydrogens (tertiary/aromatic N) is 1. The molecule has 180 valence electrons. The van der Waals surface area contributed by atoms with Crippen molar-refractivity contribution in [1.82, 2.24) is 10.2 Å². The predicted molar refractivity (Wildman–Crippen MR) is 135 cm³/mol. The molecule has 7 heteroatoms. The molecule has 34 heavy (non-hydrogen) atoms. The molecule has 2 amide bonds. The molecule has 4 rings (SSSR count). The molecule has 6 nitrogen and oxygen atoms in total. The number of amides is 2. The summed E-state index contributed by atoms with van der Waals surface area (Å²) in [6.45, 7) is 3.95. The van der Waals surface area contributed by atoms with Gasteiger partial charge >= 0.3 is 5.97 Å². The predicted octanol–water partition coefficient (Wildman–Crippen LogP) is 4.25. The molecule has 0 saturated carbocycles. The number of rotatable bonds is 6. The minimum atomic E-state index is -1.00. The van der Waals surface area contributed by atoms with Gasteiger partial charge in [0.1, 0.15) is 12.1 Å². The molecule has 2 aromatic carbocycles. The number of carbonyl (C=O) groups is 3. The van der Waals surface area contributed by atoms with Crippen LogP contribution in [0.15, 0.2) is 48.5 Å². The van der Waals surface area contributed by atoms with Crippen LogP contribution in [0.25, 0.3) is 11.1 Å². The minimum absolute atomic E-state index is 0.0550. The van der Waals surface area contributed by atoms with E-state index in [1.54, 1.807) is 0 Å². The van der Waals surface area contributed by atoms with Crippen LogP contribution in [0, 0.1) is 5.92 Å². The number of thiol groups is 1. The maximum absolute atomic E-state index is 13.7. The van der Waals surface area contributed by atoms with Gasteiger partial charge in [-0.05, 0) is 53.5 Å². The first-order valence-corrected chi connectivity index (χ1v) is 12.5. The lowest BCUT2D eigenvalue weighted by Gasteiger charge is -2.40. The lowest BCUT2D eigenvalue weighted by Crippen LogP contribution is -2.56. The molecule has 1 fully saturated rings. The van der Waals surface area contributed by atoms with Gasteiger partial charge < -0.3 is 15.3 Å². The highest BCUT2D eigenvalue weighted by molar-refractivity contribution is 7.81. The largest absolute Gasteiger partial charge is 0.480 e. The van der Waals surface area contributed by atoms with Crippen molar-refractivity contribution in [3.8, 4) is 11.1 Å². The maximum atomic E-state index is 13.7. The fourth-order valence-electron chi connectivity index (χ4n) is 5.09. The summed E-state index contributed by atoms with van der Waals surface area (Å²) in [6, 6.07) is 14.1. The number of fused-ring (bicyclic) bond motifs is 3. The summed E-state index contributed by atoms with van der Waals surface area (Å²) >= 11 is 4.48. The van der Waals surface area contributed by atoms with E-state index in [1.807, 2.05) is 56.3 Å². The standard InChI is InChI=1S/C27H32N2O4S/c1-3-16(2)24(34)25(30)28-21-15-19-13-12-18(17-8-5-4-6-9-17)14-20(19)22-10-7-11-23(27(32)33)29(22)26(21)31/h4-6,8-9,12-14,16,21-24,34H,3,7,10-11,15H2,1-2H3,(H,28,30)(H,32,33)/t16-,21+,22-,23+,24-/m1/s1. The third kappa shape index (κ3) is 4.71. The Labute approximate surface area is 206 Å². The van der Waals surface area contributed by atoms with Crippen molar-refractivity contribution in [2.24, 2.45) is 5.92 Å². The first-order valence-electron chi connectivity index (χ1n) is 12.0.